The van der Waals surface area contributed by atoms with Gasteiger partial charge in [0.2, 0.25) is 0 Å². The molecule has 0 spiro atoms. The lowest BCUT2D eigenvalue weighted by atomic mass is 10.0. The Morgan fingerprint density at radius 3 is 2.91 bits per heavy atom. The fourth-order valence-corrected chi connectivity index (χ4v) is 2.90. The van der Waals surface area contributed by atoms with E-state index in [1.54, 1.807) is 12.3 Å². The van der Waals surface area contributed by atoms with Crippen LogP contribution in [0, 0.1) is 0 Å². The normalized spacial score (nSPS) is 17.9. The predicted octanol–water partition coefficient (Wildman–Crippen LogP) is 2.08. The smallest absolute Gasteiger partial charge is 0.326 e. The van der Waals surface area contributed by atoms with Gasteiger partial charge in [-0.15, -0.1) is 0 Å². The van der Waals surface area contributed by atoms with E-state index in [1.165, 1.54) is 4.90 Å². The summed E-state index contributed by atoms with van der Waals surface area (Å²) in [5.41, 5.74) is 0.791. The fraction of sp³-hybridized carbons (Fsp3) is 0.353. The van der Waals surface area contributed by atoms with Gasteiger partial charge in [-0.1, -0.05) is 12.1 Å². The van der Waals surface area contributed by atoms with Crippen LogP contribution in [-0.2, 0) is 9.59 Å². The summed E-state index contributed by atoms with van der Waals surface area (Å²) in [5.74, 6) is -0.668. The highest BCUT2D eigenvalue weighted by Crippen LogP contribution is 2.24. The molecule has 2 heterocycles. The minimum atomic E-state index is -0.951. The Morgan fingerprint density at radius 2 is 2.09 bits per heavy atom. The van der Waals surface area contributed by atoms with Crippen molar-refractivity contribution in [3.8, 4) is 5.75 Å². The third-order valence-corrected chi connectivity index (χ3v) is 4.07. The summed E-state index contributed by atoms with van der Waals surface area (Å²) in [6, 6.07) is 8.48. The van der Waals surface area contributed by atoms with Crippen LogP contribution in [0.15, 0.2) is 36.5 Å². The second-order valence-corrected chi connectivity index (χ2v) is 5.55. The molecule has 1 aliphatic rings. The number of carbonyl (C=O) groups is 2. The van der Waals surface area contributed by atoms with Crippen molar-refractivity contribution < 1.29 is 19.4 Å². The van der Waals surface area contributed by atoms with Gasteiger partial charge in [0.05, 0.1) is 5.52 Å². The van der Waals surface area contributed by atoms with Gasteiger partial charge in [-0.25, -0.2) is 4.79 Å². The number of nitrogens with zero attached hydrogens (tertiary/aromatic N) is 2. The van der Waals surface area contributed by atoms with Crippen molar-refractivity contribution in [1.29, 1.82) is 0 Å². The number of carboxylic acids is 1. The summed E-state index contributed by atoms with van der Waals surface area (Å²) in [6.07, 6.45) is 3.78. The summed E-state index contributed by atoms with van der Waals surface area (Å²) < 4.78 is 5.64. The standard InChI is InChI=1S/C17H18N2O4/c20-16(19-10-4-3-7-14(19)17(21)22)11-23-15-8-9-18-13-6-2-1-5-12(13)15/h1-2,5-6,8-9,14H,3-4,7,10-11H2,(H,21,22)/t14-/m1/s1. The summed E-state index contributed by atoms with van der Waals surface area (Å²) in [7, 11) is 0. The molecule has 1 N–H and O–H groups in total. The molecule has 2 aromatic rings. The number of aliphatic carboxylic acids is 1. The van der Waals surface area contributed by atoms with Crippen LogP contribution in [0.1, 0.15) is 19.3 Å². The van der Waals surface area contributed by atoms with Crippen molar-refractivity contribution in [2.75, 3.05) is 13.2 Å². The maximum Gasteiger partial charge on any atom is 0.326 e. The number of aromatic nitrogens is 1. The zero-order valence-electron chi connectivity index (χ0n) is 12.6. The molecule has 120 valence electrons. The van der Waals surface area contributed by atoms with Crippen LogP contribution in [0.25, 0.3) is 10.9 Å². The van der Waals surface area contributed by atoms with E-state index in [0.717, 1.165) is 23.7 Å². The van der Waals surface area contributed by atoms with E-state index in [2.05, 4.69) is 4.98 Å². The minimum Gasteiger partial charge on any atom is -0.483 e. The van der Waals surface area contributed by atoms with Gasteiger partial charge in [-0.05, 0) is 37.5 Å². The van der Waals surface area contributed by atoms with Crippen LogP contribution in [0.4, 0.5) is 0 Å². The molecular weight excluding hydrogens is 296 g/mol. The number of rotatable bonds is 4. The van der Waals surface area contributed by atoms with E-state index in [9.17, 15) is 14.7 Å². The molecule has 1 saturated heterocycles. The Hall–Kier alpha value is -2.63. The van der Waals surface area contributed by atoms with E-state index in [1.807, 2.05) is 24.3 Å². The third-order valence-electron chi connectivity index (χ3n) is 4.07. The predicted molar refractivity (Wildman–Crippen MR) is 84.2 cm³/mol. The number of pyridine rings is 1. The first kappa shape index (κ1) is 15.3. The molecule has 0 bridgehead atoms. The molecule has 0 aliphatic carbocycles. The lowest BCUT2D eigenvalue weighted by Crippen LogP contribution is -2.49. The van der Waals surface area contributed by atoms with Gasteiger partial charge >= 0.3 is 5.97 Å². The minimum absolute atomic E-state index is 0.169. The topological polar surface area (TPSA) is 79.7 Å². The highest BCUT2D eigenvalue weighted by Gasteiger charge is 2.31. The second kappa shape index (κ2) is 6.64. The van der Waals surface area contributed by atoms with E-state index in [0.29, 0.717) is 18.7 Å². The maximum absolute atomic E-state index is 12.3. The van der Waals surface area contributed by atoms with Gasteiger partial charge in [0, 0.05) is 18.1 Å². The highest BCUT2D eigenvalue weighted by molar-refractivity contribution is 5.87. The number of ether oxygens (including phenoxy) is 1. The number of likely N-dealkylation sites (tertiary alicyclic amines) is 1. The van der Waals surface area contributed by atoms with Crippen LogP contribution in [-0.4, -0.2) is 46.1 Å². The SMILES string of the molecule is O=C(O)[C@H]1CCCCN1C(=O)COc1ccnc2ccccc12. The Kier molecular flexibility index (Phi) is 4.41. The van der Waals surface area contributed by atoms with E-state index in [4.69, 9.17) is 4.74 Å². The number of carbonyl (C=O) groups excluding carboxylic acids is 1. The number of para-hydroxylation sites is 1. The molecule has 1 aromatic carbocycles. The number of hydrogen-bond acceptors (Lipinski definition) is 4. The van der Waals surface area contributed by atoms with Crippen molar-refractivity contribution in [3.63, 3.8) is 0 Å². The highest BCUT2D eigenvalue weighted by atomic mass is 16.5. The molecule has 0 unspecified atom stereocenters. The van der Waals surface area contributed by atoms with Crippen molar-refractivity contribution in [2.45, 2.75) is 25.3 Å². The zero-order chi connectivity index (χ0) is 16.2. The van der Waals surface area contributed by atoms with Crippen LogP contribution >= 0.6 is 0 Å². The average Bonchev–Trinajstić information content (AvgIpc) is 2.59. The first-order chi connectivity index (χ1) is 11.2. The van der Waals surface area contributed by atoms with E-state index >= 15 is 0 Å². The monoisotopic (exact) mass is 314 g/mol. The number of benzene rings is 1. The zero-order valence-corrected chi connectivity index (χ0v) is 12.6. The lowest BCUT2D eigenvalue weighted by molar-refractivity contribution is -0.152. The summed E-state index contributed by atoms with van der Waals surface area (Å²) in [6.45, 7) is 0.300. The first-order valence-corrected chi connectivity index (χ1v) is 7.65. The molecule has 0 saturated carbocycles. The maximum atomic E-state index is 12.3. The van der Waals surface area contributed by atoms with Gasteiger partial charge in [0.1, 0.15) is 11.8 Å². The second-order valence-electron chi connectivity index (χ2n) is 5.55. The number of hydrogen-bond donors (Lipinski definition) is 1. The molecule has 1 amide bonds. The molecule has 23 heavy (non-hydrogen) atoms. The molecule has 6 nitrogen and oxygen atoms in total. The molecule has 1 fully saturated rings. The fourth-order valence-electron chi connectivity index (χ4n) is 2.90. The molecule has 1 atom stereocenters. The van der Waals surface area contributed by atoms with Gasteiger partial charge in [-0.3, -0.25) is 9.78 Å². The van der Waals surface area contributed by atoms with Crippen LogP contribution in [0.2, 0.25) is 0 Å². The van der Waals surface area contributed by atoms with Crippen LogP contribution < -0.4 is 4.74 Å². The Labute approximate surface area is 133 Å². The number of piperidine rings is 1. The quantitative estimate of drug-likeness (QED) is 0.934. The molecule has 1 aromatic heterocycles. The largest absolute Gasteiger partial charge is 0.483 e. The van der Waals surface area contributed by atoms with E-state index < -0.39 is 12.0 Å². The van der Waals surface area contributed by atoms with Gasteiger partial charge in [0.15, 0.2) is 6.61 Å². The Balaban J connectivity index is 1.71. The number of fused-ring (bicyclic) bond motifs is 1. The first-order valence-electron chi connectivity index (χ1n) is 7.65. The van der Waals surface area contributed by atoms with Crippen molar-refractivity contribution >= 4 is 22.8 Å². The number of carboxylic acid groups (broad SMARTS) is 1. The van der Waals surface area contributed by atoms with E-state index in [-0.39, 0.29) is 12.5 Å². The Bertz CT molecular complexity index is 726. The van der Waals surface area contributed by atoms with Crippen molar-refractivity contribution in [1.82, 2.24) is 9.88 Å². The summed E-state index contributed by atoms with van der Waals surface area (Å²) in [4.78, 5) is 29.3. The van der Waals surface area contributed by atoms with Crippen LogP contribution in [0.3, 0.4) is 0 Å². The number of amides is 1. The summed E-state index contributed by atoms with van der Waals surface area (Å²) >= 11 is 0. The van der Waals surface area contributed by atoms with Crippen molar-refractivity contribution in [2.24, 2.45) is 0 Å². The van der Waals surface area contributed by atoms with Gasteiger partial charge in [-0.2, -0.15) is 0 Å². The van der Waals surface area contributed by atoms with Gasteiger partial charge in [0.25, 0.3) is 5.91 Å². The summed E-state index contributed by atoms with van der Waals surface area (Å²) in [5, 5.41) is 10.1. The Morgan fingerprint density at radius 1 is 1.26 bits per heavy atom. The third kappa shape index (κ3) is 3.26. The van der Waals surface area contributed by atoms with Gasteiger partial charge < -0.3 is 14.7 Å². The molecule has 0 radical (unpaired) electrons. The van der Waals surface area contributed by atoms with Crippen molar-refractivity contribution in [3.05, 3.63) is 36.5 Å². The molecule has 1 aliphatic heterocycles. The molecular formula is C17H18N2O4. The average molecular weight is 314 g/mol. The molecule has 6 heteroatoms. The molecule has 3 rings (SSSR count). The van der Waals surface area contributed by atoms with Crippen LogP contribution in [0.5, 0.6) is 5.75 Å². The lowest BCUT2D eigenvalue weighted by Gasteiger charge is -2.32.